The number of halogens is 1. The molecule has 3 N–H and O–H groups in total. The van der Waals surface area contributed by atoms with E-state index in [9.17, 15) is 9.18 Å². The van der Waals surface area contributed by atoms with Gasteiger partial charge in [-0.15, -0.1) is 0 Å². The summed E-state index contributed by atoms with van der Waals surface area (Å²) < 4.78 is 26.1. The number of aromatic nitrogens is 2. The maximum absolute atomic E-state index is 14.5. The molecule has 8 nitrogen and oxygen atoms in total. The van der Waals surface area contributed by atoms with Gasteiger partial charge >= 0.3 is 0 Å². The average Bonchev–Trinajstić information content (AvgIpc) is 3.26. The van der Waals surface area contributed by atoms with E-state index in [2.05, 4.69) is 25.5 Å². The standard InChI is InChI=1S/C26H28FN5O3/c1-34-25-18(27)3-2-4-19(25)30-24-21-22-16(11-29-26(21)33)13-32-9-6-15(7-10-32)14-35-20-12-28-8-5-17(20)23(24)31-22/h2-5,8,12,15-16,30-31H,6-7,9-11,13-14H2,1H3,(H,29,33)/t16-/m1/s1. The number of para-hydroxylation sites is 1. The molecule has 0 aliphatic carbocycles. The Balaban J connectivity index is 1.55. The second-order valence-corrected chi connectivity index (χ2v) is 9.44. The fraction of sp³-hybridized carbons (Fsp3) is 0.385. The normalized spacial score (nSPS) is 23.1. The van der Waals surface area contributed by atoms with Crippen LogP contribution >= 0.6 is 0 Å². The Bertz CT molecular complexity index is 1270. The zero-order valence-corrected chi connectivity index (χ0v) is 19.6. The highest BCUT2D eigenvalue weighted by atomic mass is 19.1. The molecular weight excluding hydrogens is 449 g/mol. The van der Waals surface area contributed by atoms with E-state index < -0.39 is 5.82 Å². The van der Waals surface area contributed by atoms with Crippen molar-refractivity contribution in [2.24, 2.45) is 5.92 Å². The molecule has 4 aliphatic rings. The smallest absolute Gasteiger partial charge is 0.255 e. The molecule has 2 aromatic heterocycles. The fourth-order valence-electron chi connectivity index (χ4n) is 5.46. The number of fused-ring (bicyclic) bond motifs is 3. The van der Waals surface area contributed by atoms with Crippen LogP contribution in [0.4, 0.5) is 15.8 Å². The minimum atomic E-state index is -0.482. The number of benzene rings is 1. The number of hydrogen-bond acceptors (Lipinski definition) is 6. The molecule has 0 saturated carbocycles. The summed E-state index contributed by atoms with van der Waals surface area (Å²) in [6, 6.07) is 6.57. The molecule has 1 saturated heterocycles. The fourth-order valence-corrected chi connectivity index (χ4v) is 5.46. The molecule has 1 fully saturated rings. The molecule has 182 valence electrons. The van der Waals surface area contributed by atoms with Gasteiger partial charge in [0.1, 0.15) is 5.75 Å². The van der Waals surface area contributed by atoms with Gasteiger partial charge in [-0.3, -0.25) is 9.78 Å². The van der Waals surface area contributed by atoms with Crippen molar-refractivity contribution in [3.8, 4) is 22.8 Å². The molecule has 35 heavy (non-hydrogen) atoms. The lowest BCUT2D eigenvalue weighted by Crippen LogP contribution is -2.43. The van der Waals surface area contributed by atoms with Crippen LogP contribution in [0.1, 0.15) is 34.8 Å². The number of pyridine rings is 1. The van der Waals surface area contributed by atoms with E-state index in [1.54, 1.807) is 24.5 Å². The Morgan fingerprint density at radius 2 is 2.11 bits per heavy atom. The molecule has 9 heteroatoms. The lowest BCUT2D eigenvalue weighted by atomic mass is 9.93. The molecule has 0 spiro atoms. The maximum atomic E-state index is 14.5. The summed E-state index contributed by atoms with van der Waals surface area (Å²) in [5, 5.41) is 6.39. The van der Waals surface area contributed by atoms with Crippen LogP contribution in [0.15, 0.2) is 36.7 Å². The van der Waals surface area contributed by atoms with Gasteiger partial charge in [-0.2, -0.15) is 0 Å². The number of nitrogens with one attached hydrogen (secondary N) is 3. The van der Waals surface area contributed by atoms with Crippen molar-refractivity contribution in [1.29, 1.82) is 0 Å². The third-order valence-corrected chi connectivity index (χ3v) is 7.32. The van der Waals surface area contributed by atoms with Gasteiger partial charge in [0.15, 0.2) is 11.6 Å². The lowest BCUT2D eigenvalue weighted by Gasteiger charge is -2.35. The van der Waals surface area contributed by atoms with Crippen LogP contribution in [0.3, 0.4) is 0 Å². The average molecular weight is 478 g/mol. The third kappa shape index (κ3) is 3.89. The number of ether oxygens (including phenoxy) is 2. The molecule has 1 aromatic carbocycles. The summed E-state index contributed by atoms with van der Waals surface area (Å²) in [5.74, 6) is 0.692. The number of methoxy groups -OCH3 is 1. The zero-order valence-electron chi connectivity index (χ0n) is 19.6. The number of amides is 1. The monoisotopic (exact) mass is 477 g/mol. The summed E-state index contributed by atoms with van der Waals surface area (Å²) in [5.41, 5.74) is 3.93. The molecule has 6 heterocycles. The second kappa shape index (κ2) is 8.88. The molecule has 1 amide bonds. The number of nitrogens with zero attached hydrogens (tertiary/aromatic N) is 2. The minimum absolute atomic E-state index is 0.0881. The molecule has 3 aromatic rings. The Kier molecular flexibility index (Phi) is 5.56. The van der Waals surface area contributed by atoms with E-state index in [4.69, 9.17) is 9.47 Å². The second-order valence-electron chi connectivity index (χ2n) is 9.44. The Morgan fingerprint density at radius 3 is 2.94 bits per heavy atom. The van der Waals surface area contributed by atoms with Crippen molar-refractivity contribution in [3.63, 3.8) is 0 Å². The number of aromatic amines is 1. The molecule has 1 atom stereocenters. The molecular formula is C26H28FN5O3. The maximum Gasteiger partial charge on any atom is 0.255 e. The SMILES string of the molecule is COc1c(F)cccc1Nc1c2[nH]c3c1C(=O)NC[C@@H]3CN1CCC(CC1)COc1cnccc1-2. The van der Waals surface area contributed by atoms with E-state index >= 15 is 0 Å². The number of carbonyl (C=O) groups excluding carboxylic acids is 1. The predicted octanol–water partition coefficient (Wildman–Crippen LogP) is 3.90. The Morgan fingerprint density at radius 1 is 1.26 bits per heavy atom. The zero-order chi connectivity index (χ0) is 23.9. The first-order valence-corrected chi connectivity index (χ1v) is 12.1. The quantitative estimate of drug-likeness (QED) is 0.530. The molecule has 4 bridgehead atoms. The van der Waals surface area contributed by atoms with E-state index in [0.717, 1.165) is 43.7 Å². The van der Waals surface area contributed by atoms with E-state index in [1.807, 2.05) is 6.07 Å². The molecule has 0 unspecified atom stereocenters. The van der Waals surface area contributed by atoms with E-state index in [-0.39, 0.29) is 17.6 Å². The largest absolute Gasteiger partial charge is 0.492 e. The summed E-state index contributed by atoms with van der Waals surface area (Å²) in [6.45, 7) is 4.05. The van der Waals surface area contributed by atoms with Crippen molar-refractivity contribution in [1.82, 2.24) is 20.2 Å². The summed E-state index contributed by atoms with van der Waals surface area (Å²) in [7, 11) is 1.43. The van der Waals surface area contributed by atoms with Crippen LogP contribution in [-0.4, -0.2) is 60.7 Å². The number of rotatable bonds is 3. The van der Waals surface area contributed by atoms with Crippen LogP contribution < -0.4 is 20.1 Å². The van der Waals surface area contributed by atoms with Crippen LogP contribution in [0.5, 0.6) is 11.5 Å². The van der Waals surface area contributed by atoms with E-state index in [0.29, 0.717) is 47.5 Å². The van der Waals surface area contributed by atoms with Gasteiger partial charge in [0.25, 0.3) is 5.91 Å². The van der Waals surface area contributed by atoms with Crippen molar-refractivity contribution in [2.45, 2.75) is 18.8 Å². The number of anilines is 2. The highest BCUT2D eigenvalue weighted by molar-refractivity contribution is 6.07. The molecule has 4 aliphatic heterocycles. The topological polar surface area (TPSA) is 91.5 Å². The minimum Gasteiger partial charge on any atom is -0.492 e. The highest BCUT2D eigenvalue weighted by Crippen LogP contribution is 2.44. The van der Waals surface area contributed by atoms with Gasteiger partial charge in [0.05, 0.1) is 42.5 Å². The third-order valence-electron chi connectivity index (χ3n) is 7.32. The summed E-state index contributed by atoms with van der Waals surface area (Å²) in [6.07, 6.45) is 5.60. The van der Waals surface area contributed by atoms with Gasteiger partial charge in [-0.05, 0) is 50.0 Å². The van der Waals surface area contributed by atoms with Crippen molar-refractivity contribution in [2.75, 3.05) is 45.2 Å². The van der Waals surface area contributed by atoms with Gasteiger partial charge in [-0.25, -0.2) is 4.39 Å². The van der Waals surface area contributed by atoms with Gasteiger partial charge in [-0.1, -0.05) is 6.07 Å². The number of piperidine rings is 1. The van der Waals surface area contributed by atoms with Crippen molar-refractivity contribution < 1.29 is 18.7 Å². The van der Waals surface area contributed by atoms with Gasteiger partial charge < -0.3 is 30.0 Å². The summed E-state index contributed by atoms with van der Waals surface area (Å²) >= 11 is 0. The van der Waals surface area contributed by atoms with Crippen LogP contribution in [0.25, 0.3) is 11.3 Å². The summed E-state index contributed by atoms with van der Waals surface area (Å²) in [4.78, 5) is 23.6. The first kappa shape index (κ1) is 21.9. The Hall–Kier alpha value is -3.59. The number of carbonyl (C=O) groups is 1. The molecule has 0 radical (unpaired) electrons. The number of hydrogen-bond donors (Lipinski definition) is 3. The van der Waals surface area contributed by atoms with Crippen molar-refractivity contribution in [3.05, 3.63) is 53.7 Å². The van der Waals surface area contributed by atoms with Crippen LogP contribution in [0, 0.1) is 11.7 Å². The first-order chi connectivity index (χ1) is 17.1. The Labute approximate surface area is 202 Å². The van der Waals surface area contributed by atoms with Gasteiger partial charge in [0, 0.05) is 36.5 Å². The number of H-pyrrole nitrogens is 1. The predicted molar refractivity (Wildman–Crippen MR) is 130 cm³/mol. The highest BCUT2D eigenvalue weighted by Gasteiger charge is 2.35. The lowest BCUT2D eigenvalue weighted by molar-refractivity contribution is 0.0927. The van der Waals surface area contributed by atoms with Crippen molar-refractivity contribution >= 4 is 17.3 Å². The van der Waals surface area contributed by atoms with Gasteiger partial charge in [0.2, 0.25) is 0 Å². The molecule has 7 rings (SSSR count). The first-order valence-electron chi connectivity index (χ1n) is 12.1. The van der Waals surface area contributed by atoms with Crippen LogP contribution in [-0.2, 0) is 0 Å². The van der Waals surface area contributed by atoms with Crippen LogP contribution in [0.2, 0.25) is 0 Å². The van der Waals surface area contributed by atoms with E-state index in [1.165, 1.54) is 13.2 Å².